The molecule has 9 nitrogen and oxygen atoms in total. The fourth-order valence-corrected chi connectivity index (χ4v) is 3.11. The van der Waals surface area contributed by atoms with Gasteiger partial charge in [0, 0.05) is 13.6 Å². The maximum atomic E-state index is 11.8. The number of sulfonamides is 1. The number of hydrogen-bond acceptors (Lipinski definition) is 6. The minimum absolute atomic E-state index is 0.0944. The summed E-state index contributed by atoms with van der Waals surface area (Å²) in [6.07, 6.45) is -0.965. The largest absolute Gasteiger partial charge is 0.448 e. The van der Waals surface area contributed by atoms with Crippen LogP contribution in [0.1, 0.15) is 0 Å². The van der Waals surface area contributed by atoms with E-state index >= 15 is 0 Å². The molecule has 0 saturated heterocycles. The van der Waals surface area contributed by atoms with E-state index in [4.69, 9.17) is 5.73 Å². The average Bonchev–Trinajstić information content (AvgIpc) is 2.53. The zero-order valence-electron chi connectivity index (χ0n) is 8.75. The van der Waals surface area contributed by atoms with Crippen molar-refractivity contribution < 1.29 is 17.9 Å². The minimum atomic E-state index is -3.77. The second-order valence-electron chi connectivity index (χ2n) is 2.87. The molecule has 1 amide bonds. The maximum absolute atomic E-state index is 11.8. The second kappa shape index (κ2) is 5.42. The summed E-state index contributed by atoms with van der Waals surface area (Å²) >= 11 is 2.97. The van der Waals surface area contributed by atoms with Crippen molar-refractivity contribution in [1.29, 1.82) is 0 Å². The predicted octanol–water partition coefficient (Wildman–Crippen LogP) is -1.05. The van der Waals surface area contributed by atoms with Crippen molar-refractivity contribution in [3.8, 4) is 0 Å². The van der Waals surface area contributed by atoms with Gasteiger partial charge in [-0.05, 0) is 15.9 Å². The van der Waals surface area contributed by atoms with Gasteiger partial charge in [0.15, 0.2) is 4.60 Å². The van der Waals surface area contributed by atoms with Crippen LogP contribution in [0.25, 0.3) is 0 Å². The highest BCUT2D eigenvalue weighted by Crippen LogP contribution is 2.16. The number of rotatable bonds is 5. The fraction of sp³-hybridized carbons (Fsp3) is 0.500. The Morgan fingerprint density at radius 1 is 1.65 bits per heavy atom. The van der Waals surface area contributed by atoms with Crippen molar-refractivity contribution in [2.24, 2.45) is 12.8 Å². The zero-order valence-corrected chi connectivity index (χ0v) is 11.2. The highest BCUT2D eigenvalue weighted by molar-refractivity contribution is 9.10. The lowest BCUT2D eigenvalue weighted by Gasteiger charge is -2.06. The predicted molar refractivity (Wildman–Crippen MR) is 59.4 cm³/mol. The lowest BCUT2D eigenvalue weighted by atomic mass is 10.7. The first kappa shape index (κ1) is 13.9. The Labute approximate surface area is 105 Å². The van der Waals surface area contributed by atoms with Crippen LogP contribution in [-0.4, -0.2) is 42.7 Å². The first-order valence-corrected chi connectivity index (χ1v) is 6.59. The Kier molecular flexibility index (Phi) is 4.42. The summed E-state index contributed by atoms with van der Waals surface area (Å²) in [5.74, 6) is 0. The summed E-state index contributed by atoms with van der Waals surface area (Å²) in [6.45, 7) is -0.250. The number of nitrogens with one attached hydrogen (secondary N) is 1. The fourth-order valence-electron chi connectivity index (χ4n) is 1.00. The number of amides is 1. The molecular formula is C6H10BrN5O4S. The van der Waals surface area contributed by atoms with E-state index in [2.05, 4.69) is 35.7 Å². The third kappa shape index (κ3) is 3.64. The number of halogens is 1. The first-order valence-electron chi connectivity index (χ1n) is 4.31. The van der Waals surface area contributed by atoms with Crippen molar-refractivity contribution in [2.45, 2.75) is 5.03 Å². The molecule has 0 atom stereocenters. The number of hydrogen-bond donors (Lipinski definition) is 2. The lowest BCUT2D eigenvalue weighted by molar-refractivity contribution is 0.159. The van der Waals surface area contributed by atoms with Gasteiger partial charge in [0.1, 0.15) is 6.61 Å². The zero-order chi connectivity index (χ0) is 13.1. The molecule has 0 unspecified atom stereocenters. The average molecular weight is 328 g/mol. The van der Waals surface area contributed by atoms with E-state index in [1.165, 1.54) is 7.05 Å². The van der Waals surface area contributed by atoms with E-state index in [1.54, 1.807) is 0 Å². The van der Waals surface area contributed by atoms with Gasteiger partial charge in [0.05, 0.1) is 0 Å². The molecule has 1 rings (SSSR count). The second-order valence-corrected chi connectivity index (χ2v) is 5.31. The summed E-state index contributed by atoms with van der Waals surface area (Å²) in [4.78, 5) is 10.3. The molecule has 0 saturated carbocycles. The molecule has 0 spiro atoms. The van der Waals surface area contributed by atoms with Gasteiger partial charge in [-0.3, -0.25) is 0 Å². The number of nitrogens with zero attached hydrogens (tertiary/aromatic N) is 3. The van der Waals surface area contributed by atoms with Crippen LogP contribution in [0, 0.1) is 0 Å². The van der Waals surface area contributed by atoms with Gasteiger partial charge in [0.25, 0.3) is 10.0 Å². The molecule has 0 aliphatic heterocycles. The standard InChI is InChI=1S/C6H10BrN5O4S/c1-12-5(4(7)10-11-12)17(14,15)9-2-3-16-6(8)13/h9H,2-3H2,1H3,(H2,8,13). The first-order chi connectivity index (χ1) is 7.84. The molecule has 96 valence electrons. The van der Waals surface area contributed by atoms with Crippen molar-refractivity contribution in [3.63, 3.8) is 0 Å². The van der Waals surface area contributed by atoms with E-state index in [9.17, 15) is 13.2 Å². The van der Waals surface area contributed by atoms with Crippen LogP contribution < -0.4 is 10.5 Å². The lowest BCUT2D eigenvalue weighted by Crippen LogP contribution is -2.30. The number of carbonyl (C=O) groups is 1. The van der Waals surface area contributed by atoms with Crippen LogP contribution in [-0.2, 0) is 21.8 Å². The molecule has 0 aliphatic carbocycles. The SMILES string of the molecule is Cn1nnc(Br)c1S(=O)(=O)NCCOC(N)=O. The summed E-state index contributed by atoms with van der Waals surface area (Å²) in [5.41, 5.74) is 4.72. The molecule has 3 N–H and O–H groups in total. The van der Waals surface area contributed by atoms with Gasteiger partial charge in [-0.25, -0.2) is 22.6 Å². The van der Waals surface area contributed by atoms with Crippen LogP contribution >= 0.6 is 15.9 Å². The number of nitrogens with two attached hydrogens (primary N) is 1. The Hall–Kier alpha value is -1.20. The Balaban J connectivity index is 2.67. The van der Waals surface area contributed by atoms with E-state index in [-0.39, 0.29) is 22.8 Å². The summed E-state index contributed by atoms with van der Waals surface area (Å²) < 4.78 is 31.3. The van der Waals surface area contributed by atoms with Crippen LogP contribution in [0.5, 0.6) is 0 Å². The number of ether oxygens (including phenoxy) is 1. The van der Waals surface area contributed by atoms with Gasteiger partial charge in [-0.1, -0.05) is 5.21 Å². The summed E-state index contributed by atoms with van der Waals surface area (Å²) in [7, 11) is -2.33. The van der Waals surface area contributed by atoms with Crippen LogP contribution in [0.4, 0.5) is 4.79 Å². The smallest absolute Gasteiger partial charge is 0.404 e. The molecule has 0 fully saturated rings. The Morgan fingerprint density at radius 3 is 2.76 bits per heavy atom. The number of primary amides is 1. The molecule has 0 aromatic carbocycles. The quantitative estimate of drug-likeness (QED) is 0.664. The molecule has 0 radical (unpaired) electrons. The van der Waals surface area contributed by atoms with E-state index in [0.717, 1.165) is 4.68 Å². The summed E-state index contributed by atoms with van der Waals surface area (Å²) in [5, 5.41) is 6.96. The third-order valence-corrected chi connectivity index (χ3v) is 3.98. The van der Waals surface area contributed by atoms with Gasteiger partial charge < -0.3 is 10.5 Å². The Morgan fingerprint density at radius 2 is 2.29 bits per heavy atom. The molecule has 1 aromatic heterocycles. The van der Waals surface area contributed by atoms with Crippen LogP contribution in [0.3, 0.4) is 0 Å². The molecule has 17 heavy (non-hydrogen) atoms. The molecule has 11 heteroatoms. The van der Waals surface area contributed by atoms with Gasteiger partial charge in [-0.2, -0.15) is 0 Å². The highest BCUT2D eigenvalue weighted by Gasteiger charge is 2.23. The monoisotopic (exact) mass is 327 g/mol. The highest BCUT2D eigenvalue weighted by atomic mass is 79.9. The number of aryl methyl sites for hydroxylation is 1. The van der Waals surface area contributed by atoms with Gasteiger partial charge in [0.2, 0.25) is 5.03 Å². The van der Waals surface area contributed by atoms with Gasteiger partial charge >= 0.3 is 6.09 Å². The summed E-state index contributed by atoms with van der Waals surface area (Å²) in [6, 6.07) is 0. The van der Waals surface area contributed by atoms with E-state index < -0.39 is 16.1 Å². The van der Waals surface area contributed by atoms with E-state index in [1.807, 2.05) is 0 Å². The number of aromatic nitrogens is 3. The molecule has 0 aliphatic rings. The maximum Gasteiger partial charge on any atom is 0.404 e. The molecule has 0 bridgehead atoms. The van der Waals surface area contributed by atoms with Gasteiger partial charge in [-0.15, -0.1) is 5.10 Å². The normalized spacial score (nSPS) is 11.4. The molecule has 1 heterocycles. The van der Waals surface area contributed by atoms with Crippen molar-refractivity contribution in [1.82, 2.24) is 19.7 Å². The van der Waals surface area contributed by atoms with Crippen LogP contribution in [0.2, 0.25) is 0 Å². The Bertz CT molecular complexity index is 493. The molecular weight excluding hydrogens is 318 g/mol. The third-order valence-electron chi connectivity index (χ3n) is 1.63. The minimum Gasteiger partial charge on any atom is -0.448 e. The topological polar surface area (TPSA) is 129 Å². The van der Waals surface area contributed by atoms with Crippen molar-refractivity contribution in [3.05, 3.63) is 4.60 Å². The number of carbonyl (C=O) groups excluding carboxylic acids is 1. The van der Waals surface area contributed by atoms with Crippen molar-refractivity contribution >= 4 is 32.0 Å². The molecule has 1 aromatic rings. The van der Waals surface area contributed by atoms with Crippen molar-refractivity contribution in [2.75, 3.05) is 13.2 Å². The van der Waals surface area contributed by atoms with Crippen LogP contribution in [0.15, 0.2) is 9.63 Å². The van der Waals surface area contributed by atoms with E-state index in [0.29, 0.717) is 0 Å².